The maximum absolute atomic E-state index is 12.2. The second-order valence-corrected chi connectivity index (χ2v) is 7.22. The van der Waals surface area contributed by atoms with Gasteiger partial charge in [0, 0.05) is 18.1 Å². The summed E-state index contributed by atoms with van der Waals surface area (Å²) >= 11 is 5.80. The topological polar surface area (TPSA) is 62.3 Å². The van der Waals surface area contributed by atoms with Crippen LogP contribution in [0, 0.1) is 0 Å². The molecule has 0 bridgehead atoms. The molecule has 2 aromatic rings. The van der Waals surface area contributed by atoms with Crippen LogP contribution in [0.2, 0.25) is 5.02 Å². The minimum Gasteiger partial charge on any atom is -0.357 e. The van der Waals surface area contributed by atoms with Gasteiger partial charge in [0.1, 0.15) is 5.82 Å². The first-order valence-electron chi connectivity index (χ1n) is 7.39. The lowest BCUT2D eigenvalue weighted by Crippen LogP contribution is -2.23. The first-order chi connectivity index (χ1) is 10.9. The molecule has 5 nitrogen and oxygen atoms in total. The third kappa shape index (κ3) is 5.11. The van der Waals surface area contributed by atoms with E-state index in [0.717, 1.165) is 18.9 Å². The number of benzene rings is 1. The fourth-order valence-electron chi connectivity index (χ4n) is 2.20. The molecule has 0 aliphatic heterocycles. The largest absolute Gasteiger partial charge is 0.357 e. The zero-order valence-electron chi connectivity index (χ0n) is 13.2. The van der Waals surface area contributed by atoms with Gasteiger partial charge in [-0.3, -0.25) is 4.72 Å². The van der Waals surface area contributed by atoms with Crippen LogP contribution in [0.15, 0.2) is 42.6 Å². The average molecular weight is 354 g/mol. The molecule has 124 valence electrons. The molecular formula is C16H20ClN3O2S. The van der Waals surface area contributed by atoms with Crippen molar-refractivity contribution >= 4 is 33.1 Å². The molecule has 0 unspecified atom stereocenters. The van der Waals surface area contributed by atoms with Gasteiger partial charge in [0.05, 0.1) is 17.6 Å². The predicted octanol–water partition coefficient (Wildman–Crippen LogP) is 3.52. The maximum atomic E-state index is 12.2. The van der Waals surface area contributed by atoms with Gasteiger partial charge in [-0.1, -0.05) is 23.7 Å². The summed E-state index contributed by atoms with van der Waals surface area (Å²) in [4.78, 5) is 6.39. The highest BCUT2D eigenvalue weighted by molar-refractivity contribution is 7.91. The van der Waals surface area contributed by atoms with E-state index in [0.29, 0.717) is 16.3 Å². The SMILES string of the molecule is CCN(CC)c1ccc(NS(=O)(=O)Cc2ccc(Cl)cc2)cn1. The molecule has 1 N–H and O–H groups in total. The molecule has 0 amide bonds. The molecule has 0 spiro atoms. The monoisotopic (exact) mass is 353 g/mol. The number of nitrogens with zero attached hydrogens (tertiary/aromatic N) is 2. The molecule has 0 saturated heterocycles. The van der Waals surface area contributed by atoms with Crippen LogP contribution in [0.25, 0.3) is 0 Å². The maximum Gasteiger partial charge on any atom is 0.236 e. The summed E-state index contributed by atoms with van der Waals surface area (Å²) in [5, 5.41) is 0.579. The third-order valence-corrected chi connectivity index (χ3v) is 4.89. The van der Waals surface area contributed by atoms with Crippen molar-refractivity contribution in [1.29, 1.82) is 0 Å². The van der Waals surface area contributed by atoms with Crippen molar-refractivity contribution in [2.75, 3.05) is 22.7 Å². The molecule has 1 heterocycles. The summed E-state index contributed by atoms with van der Waals surface area (Å²) in [6.07, 6.45) is 1.53. The van der Waals surface area contributed by atoms with Crippen molar-refractivity contribution in [1.82, 2.24) is 4.98 Å². The summed E-state index contributed by atoms with van der Waals surface area (Å²) in [6.45, 7) is 5.80. The van der Waals surface area contributed by atoms with E-state index in [2.05, 4.69) is 14.6 Å². The minimum absolute atomic E-state index is 0.109. The molecule has 0 aliphatic carbocycles. The Kier molecular flexibility index (Phi) is 5.85. The van der Waals surface area contributed by atoms with Crippen LogP contribution in [-0.2, 0) is 15.8 Å². The normalized spacial score (nSPS) is 11.3. The number of sulfonamides is 1. The lowest BCUT2D eigenvalue weighted by atomic mass is 10.2. The van der Waals surface area contributed by atoms with Gasteiger partial charge in [0.2, 0.25) is 10.0 Å². The fraction of sp³-hybridized carbons (Fsp3) is 0.312. The zero-order chi connectivity index (χ0) is 16.9. The molecular weight excluding hydrogens is 334 g/mol. The Hall–Kier alpha value is -1.79. The molecule has 0 fully saturated rings. The van der Waals surface area contributed by atoms with E-state index in [4.69, 9.17) is 11.6 Å². The number of halogens is 1. The Bertz CT molecular complexity index is 727. The van der Waals surface area contributed by atoms with Gasteiger partial charge in [-0.15, -0.1) is 0 Å². The fourth-order valence-corrected chi connectivity index (χ4v) is 3.51. The molecule has 0 atom stereocenters. The first-order valence-corrected chi connectivity index (χ1v) is 9.42. The van der Waals surface area contributed by atoms with Crippen LogP contribution in [-0.4, -0.2) is 26.5 Å². The van der Waals surface area contributed by atoms with Gasteiger partial charge >= 0.3 is 0 Å². The lowest BCUT2D eigenvalue weighted by Gasteiger charge is -2.19. The molecule has 23 heavy (non-hydrogen) atoms. The van der Waals surface area contributed by atoms with Gasteiger partial charge in [0.25, 0.3) is 0 Å². The smallest absolute Gasteiger partial charge is 0.236 e. The quantitative estimate of drug-likeness (QED) is 0.827. The molecule has 7 heteroatoms. The van der Waals surface area contributed by atoms with Crippen LogP contribution in [0.4, 0.5) is 11.5 Å². The molecule has 1 aromatic carbocycles. The van der Waals surface area contributed by atoms with Crippen molar-refractivity contribution in [2.45, 2.75) is 19.6 Å². The average Bonchev–Trinajstić information content (AvgIpc) is 2.52. The zero-order valence-corrected chi connectivity index (χ0v) is 14.7. The van der Waals surface area contributed by atoms with Crippen molar-refractivity contribution in [3.63, 3.8) is 0 Å². The van der Waals surface area contributed by atoms with E-state index in [1.807, 2.05) is 19.9 Å². The highest BCUT2D eigenvalue weighted by Crippen LogP contribution is 2.17. The van der Waals surface area contributed by atoms with Crippen LogP contribution < -0.4 is 9.62 Å². The van der Waals surface area contributed by atoms with Gasteiger partial charge in [-0.25, -0.2) is 13.4 Å². The van der Waals surface area contributed by atoms with Crippen LogP contribution in [0.5, 0.6) is 0 Å². The van der Waals surface area contributed by atoms with Crippen molar-refractivity contribution < 1.29 is 8.42 Å². The molecule has 0 radical (unpaired) electrons. The molecule has 0 saturated carbocycles. The standard InChI is InChI=1S/C16H20ClN3O2S/c1-3-20(4-2)16-10-9-15(11-18-16)19-23(21,22)12-13-5-7-14(17)8-6-13/h5-11,19H,3-4,12H2,1-2H3. The molecule has 2 rings (SSSR count). The van der Waals surface area contributed by atoms with Crippen molar-refractivity contribution in [2.24, 2.45) is 0 Å². The number of pyridine rings is 1. The summed E-state index contributed by atoms with van der Waals surface area (Å²) in [6, 6.07) is 10.3. The number of nitrogens with one attached hydrogen (secondary N) is 1. The summed E-state index contributed by atoms with van der Waals surface area (Å²) < 4.78 is 26.9. The molecule has 1 aromatic heterocycles. The second-order valence-electron chi connectivity index (χ2n) is 5.06. The number of rotatable bonds is 7. The van der Waals surface area contributed by atoms with E-state index < -0.39 is 10.0 Å². The van der Waals surface area contributed by atoms with Crippen LogP contribution in [0.3, 0.4) is 0 Å². The first kappa shape index (κ1) is 17.6. The van der Waals surface area contributed by atoms with Gasteiger partial charge in [-0.2, -0.15) is 0 Å². The Morgan fingerprint density at radius 3 is 2.26 bits per heavy atom. The van der Waals surface area contributed by atoms with Crippen LogP contribution >= 0.6 is 11.6 Å². The van der Waals surface area contributed by atoms with Crippen molar-refractivity contribution in [3.05, 3.63) is 53.2 Å². The Morgan fingerprint density at radius 1 is 1.09 bits per heavy atom. The van der Waals surface area contributed by atoms with Crippen molar-refractivity contribution in [3.8, 4) is 0 Å². The number of aromatic nitrogens is 1. The van der Waals surface area contributed by atoms with E-state index in [1.165, 1.54) is 6.20 Å². The number of hydrogen-bond donors (Lipinski definition) is 1. The Balaban J connectivity index is 2.06. The predicted molar refractivity (Wildman–Crippen MR) is 95.5 cm³/mol. The minimum atomic E-state index is -3.49. The highest BCUT2D eigenvalue weighted by Gasteiger charge is 2.12. The number of hydrogen-bond acceptors (Lipinski definition) is 4. The van der Waals surface area contributed by atoms with Gasteiger partial charge in [-0.05, 0) is 43.7 Å². The summed E-state index contributed by atoms with van der Waals surface area (Å²) in [5.41, 5.74) is 1.13. The van der Waals surface area contributed by atoms with Gasteiger partial charge in [0.15, 0.2) is 0 Å². The Labute approximate surface area is 142 Å². The number of anilines is 2. The van der Waals surface area contributed by atoms with Crippen LogP contribution in [0.1, 0.15) is 19.4 Å². The summed E-state index contributed by atoms with van der Waals surface area (Å²) in [7, 11) is -3.49. The Morgan fingerprint density at radius 2 is 1.74 bits per heavy atom. The second kappa shape index (κ2) is 7.66. The van der Waals surface area contributed by atoms with E-state index in [-0.39, 0.29) is 5.75 Å². The van der Waals surface area contributed by atoms with E-state index in [1.54, 1.807) is 30.3 Å². The lowest BCUT2D eigenvalue weighted by molar-refractivity contribution is 0.600. The third-order valence-electron chi connectivity index (χ3n) is 3.38. The van der Waals surface area contributed by atoms with Gasteiger partial charge < -0.3 is 4.90 Å². The molecule has 0 aliphatic rings. The highest BCUT2D eigenvalue weighted by atomic mass is 35.5. The van der Waals surface area contributed by atoms with E-state index in [9.17, 15) is 8.42 Å². The summed E-state index contributed by atoms with van der Waals surface area (Å²) in [5.74, 6) is 0.720. The van der Waals surface area contributed by atoms with E-state index >= 15 is 0 Å².